The summed E-state index contributed by atoms with van der Waals surface area (Å²) in [5.74, 6) is 0.0256. The van der Waals surface area contributed by atoms with Crippen LogP contribution >= 0.6 is 0 Å². The average Bonchev–Trinajstić information content (AvgIpc) is 2.32. The van der Waals surface area contributed by atoms with Crippen LogP contribution in [0.1, 0.15) is 13.8 Å². The van der Waals surface area contributed by atoms with Crippen molar-refractivity contribution < 1.29 is 14.2 Å². The first-order valence-electron chi connectivity index (χ1n) is 6.02. The van der Waals surface area contributed by atoms with Gasteiger partial charge < -0.3 is 15.6 Å². The molecule has 2 aromatic rings. The fourth-order valence-corrected chi connectivity index (χ4v) is 1.79. The van der Waals surface area contributed by atoms with Gasteiger partial charge in [-0.2, -0.15) is 0 Å². The Bertz CT molecular complexity index is 597. The first kappa shape index (κ1) is 13.2. The molecule has 0 saturated heterocycles. The Balaban J connectivity index is 2.37. The van der Waals surface area contributed by atoms with E-state index in [2.05, 4.69) is 0 Å². The monoisotopic (exact) mass is 261 g/mol. The number of halogens is 1. The number of benzene rings is 2. The summed E-state index contributed by atoms with van der Waals surface area (Å²) in [4.78, 5) is 0. The second-order valence-electron chi connectivity index (χ2n) is 4.58. The van der Waals surface area contributed by atoms with E-state index >= 15 is 0 Å². The molecule has 0 spiro atoms. The molecule has 0 aromatic heterocycles. The molecule has 2 rings (SSSR count). The van der Waals surface area contributed by atoms with Gasteiger partial charge >= 0.3 is 0 Å². The molecule has 0 saturated carbocycles. The van der Waals surface area contributed by atoms with Crippen LogP contribution in [0, 0.1) is 5.82 Å². The molecular formula is C15H16FNO2. The number of aromatic hydroxyl groups is 1. The lowest BCUT2D eigenvalue weighted by Crippen LogP contribution is -2.05. The average molecular weight is 261 g/mol. The topological polar surface area (TPSA) is 55.5 Å². The van der Waals surface area contributed by atoms with Crippen molar-refractivity contribution in [1.29, 1.82) is 0 Å². The second-order valence-corrected chi connectivity index (χ2v) is 4.58. The summed E-state index contributed by atoms with van der Waals surface area (Å²) in [6.07, 6.45) is -0.00850. The van der Waals surface area contributed by atoms with Crippen LogP contribution in [0.2, 0.25) is 0 Å². The van der Waals surface area contributed by atoms with Gasteiger partial charge in [0.05, 0.1) is 11.8 Å². The fraction of sp³-hybridized carbons (Fsp3) is 0.200. The van der Waals surface area contributed by atoms with E-state index in [4.69, 9.17) is 10.5 Å². The van der Waals surface area contributed by atoms with Gasteiger partial charge in [-0.25, -0.2) is 4.39 Å². The van der Waals surface area contributed by atoms with E-state index in [0.717, 1.165) is 0 Å². The van der Waals surface area contributed by atoms with Gasteiger partial charge in [-0.1, -0.05) is 6.07 Å². The summed E-state index contributed by atoms with van der Waals surface area (Å²) in [6, 6.07) is 9.31. The maximum atomic E-state index is 14.0. The molecule has 0 aliphatic carbocycles. The molecule has 4 heteroatoms. The van der Waals surface area contributed by atoms with Crippen molar-refractivity contribution in [1.82, 2.24) is 0 Å². The number of anilines is 1. The van der Waals surface area contributed by atoms with Crippen LogP contribution in [0.25, 0.3) is 11.1 Å². The van der Waals surface area contributed by atoms with Gasteiger partial charge in [0.2, 0.25) is 0 Å². The van der Waals surface area contributed by atoms with Gasteiger partial charge in [-0.05, 0) is 43.7 Å². The zero-order valence-corrected chi connectivity index (χ0v) is 10.9. The Hall–Kier alpha value is -2.23. The van der Waals surface area contributed by atoms with Crippen LogP contribution in [0.3, 0.4) is 0 Å². The molecule has 3 nitrogen and oxygen atoms in total. The van der Waals surface area contributed by atoms with Crippen molar-refractivity contribution in [2.24, 2.45) is 0 Å². The Morgan fingerprint density at radius 3 is 2.47 bits per heavy atom. The molecule has 0 heterocycles. The SMILES string of the molecule is CC(C)Oc1ccc(-c2ccc(N)c(O)c2)c(F)c1. The molecule has 100 valence electrons. The van der Waals surface area contributed by atoms with Crippen LogP contribution in [-0.2, 0) is 0 Å². The van der Waals surface area contributed by atoms with Crippen molar-refractivity contribution in [3.05, 3.63) is 42.2 Å². The predicted molar refractivity (Wildman–Crippen MR) is 73.7 cm³/mol. The normalized spacial score (nSPS) is 10.7. The summed E-state index contributed by atoms with van der Waals surface area (Å²) in [6.45, 7) is 3.76. The second kappa shape index (κ2) is 5.18. The maximum absolute atomic E-state index is 14.0. The van der Waals surface area contributed by atoms with Crippen molar-refractivity contribution >= 4 is 5.69 Å². The molecule has 0 fully saturated rings. The molecule has 19 heavy (non-hydrogen) atoms. The van der Waals surface area contributed by atoms with Crippen LogP contribution in [-0.4, -0.2) is 11.2 Å². The van der Waals surface area contributed by atoms with E-state index in [-0.39, 0.29) is 17.5 Å². The van der Waals surface area contributed by atoms with Crippen molar-refractivity contribution in [2.45, 2.75) is 20.0 Å². The summed E-state index contributed by atoms with van der Waals surface area (Å²) in [5.41, 5.74) is 6.75. The predicted octanol–water partition coefficient (Wildman–Crippen LogP) is 3.57. The number of hydrogen-bond donors (Lipinski definition) is 2. The Morgan fingerprint density at radius 2 is 1.89 bits per heavy atom. The van der Waals surface area contributed by atoms with E-state index in [9.17, 15) is 9.50 Å². The molecule has 0 aliphatic heterocycles. The summed E-state index contributed by atoms with van der Waals surface area (Å²) < 4.78 is 19.4. The molecule has 0 radical (unpaired) electrons. The number of phenols is 1. The molecule has 0 aliphatic rings. The van der Waals surface area contributed by atoms with Gasteiger partial charge in [0, 0.05) is 11.6 Å². The first-order chi connectivity index (χ1) is 8.97. The third-order valence-electron chi connectivity index (χ3n) is 2.65. The van der Waals surface area contributed by atoms with Crippen LogP contribution in [0.4, 0.5) is 10.1 Å². The van der Waals surface area contributed by atoms with Crippen LogP contribution < -0.4 is 10.5 Å². The highest BCUT2D eigenvalue weighted by molar-refractivity contribution is 5.70. The zero-order chi connectivity index (χ0) is 14.0. The highest BCUT2D eigenvalue weighted by atomic mass is 19.1. The lowest BCUT2D eigenvalue weighted by Gasteiger charge is -2.11. The van der Waals surface area contributed by atoms with Gasteiger partial charge in [-0.3, -0.25) is 0 Å². The summed E-state index contributed by atoms with van der Waals surface area (Å²) in [5, 5.41) is 9.55. The Morgan fingerprint density at radius 1 is 1.16 bits per heavy atom. The van der Waals surface area contributed by atoms with E-state index in [1.54, 1.807) is 24.3 Å². The van der Waals surface area contributed by atoms with Crippen LogP contribution in [0.15, 0.2) is 36.4 Å². The first-order valence-corrected chi connectivity index (χ1v) is 6.02. The number of nitrogen functional groups attached to an aromatic ring is 1. The molecule has 0 amide bonds. The van der Waals surface area contributed by atoms with Crippen molar-refractivity contribution in [3.8, 4) is 22.6 Å². The quantitative estimate of drug-likeness (QED) is 0.656. The minimum absolute atomic E-state index is 0.00850. The molecule has 0 atom stereocenters. The number of hydrogen-bond acceptors (Lipinski definition) is 3. The van der Waals surface area contributed by atoms with E-state index in [1.807, 2.05) is 13.8 Å². The smallest absolute Gasteiger partial charge is 0.139 e. The lowest BCUT2D eigenvalue weighted by atomic mass is 10.0. The van der Waals surface area contributed by atoms with Gasteiger partial charge in [0.1, 0.15) is 17.3 Å². The van der Waals surface area contributed by atoms with E-state index in [1.165, 1.54) is 12.1 Å². The molecule has 0 bridgehead atoms. The highest BCUT2D eigenvalue weighted by Gasteiger charge is 2.09. The van der Waals surface area contributed by atoms with Gasteiger partial charge in [0.25, 0.3) is 0 Å². The number of nitrogens with two attached hydrogens (primary N) is 1. The number of phenolic OH excluding ortho intramolecular Hbond substituents is 1. The molecule has 3 N–H and O–H groups in total. The van der Waals surface area contributed by atoms with E-state index < -0.39 is 5.82 Å². The Kier molecular flexibility index (Phi) is 3.60. The van der Waals surface area contributed by atoms with Gasteiger partial charge in [-0.15, -0.1) is 0 Å². The molecule has 0 unspecified atom stereocenters. The minimum atomic E-state index is -0.401. The number of ether oxygens (including phenoxy) is 1. The summed E-state index contributed by atoms with van der Waals surface area (Å²) in [7, 11) is 0. The lowest BCUT2D eigenvalue weighted by molar-refractivity contribution is 0.241. The largest absolute Gasteiger partial charge is 0.506 e. The third-order valence-corrected chi connectivity index (χ3v) is 2.65. The standard InChI is InChI=1S/C15H16FNO2/c1-9(2)19-11-4-5-12(13(16)8-11)10-3-6-14(17)15(18)7-10/h3-9,18H,17H2,1-2H3. The van der Waals surface area contributed by atoms with Gasteiger partial charge in [0.15, 0.2) is 0 Å². The van der Waals surface area contributed by atoms with E-state index in [0.29, 0.717) is 16.9 Å². The summed E-state index contributed by atoms with van der Waals surface area (Å²) >= 11 is 0. The highest BCUT2D eigenvalue weighted by Crippen LogP contribution is 2.31. The van der Waals surface area contributed by atoms with Crippen molar-refractivity contribution in [2.75, 3.05) is 5.73 Å². The zero-order valence-electron chi connectivity index (χ0n) is 10.9. The molecular weight excluding hydrogens is 245 g/mol. The Labute approximate surface area is 111 Å². The van der Waals surface area contributed by atoms with Crippen LogP contribution in [0.5, 0.6) is 11.5 Å². The minimum Gasteiger partial charge on any atom is -0.506 e. The fourth-order valence-electron chi connectivity index (χ4n) is 1.79. The van der Waals surface area contributed by atoms with Crippen molar-refractivity contribution in [3.63, 3.8) is 0 Å². The third kappa shape index (κ3) is 2.96. The maximum Gasteiger partial charge on any atom is 0.139 e. The number of rotatable bonds is 3. The molecule has 2 aromatic carbocycles.